The highest BCUT2D eigenvalue weighted by atomic mass is 16.9. The number of aliphatic hydroxyl groups excluding tert-OH is 12. The lowest BCUT2D eigenvalue weighted by molar-refractivity contribution is -0.424. The standard InChI is InChI=1S/C31H53NO22/c1-10-13(38)4-31(48-9-36,54-26(10)19(40)14(39)5-33)47-8-17-21(42)23(44)25(46)30(51-17)53-28-16(7-35)50-29(18(22(28)43)32-12(3)37)52-27-11(2)49-15(6-34)20(41)24(27)45/h9-11,13-30,33-35,38-46H,4-8H2,1-3H3,(H,32,37)/t10-,11-,13-,14?,15?,16+,17?,18?,19-,20-,21+,22?,23+,24+,25+,26?,27?,28-,29+,30?,31+/m1/s1. The molecule has 0 radical (unpaired) electrons. The lowest BCUT2D eigenvalue weighted by Gasteiger charge is -2.49. The van der Waals surface area contributed by atoms with E-state index in [4.69, 9.17) is 37.9 Å². The zero-order valence-electron chi connectivity index (χ0n) is 29.6. The van der Waals surface area contributed by atoms with Gasteiger partial charge in [0.15, 0.2) is 12.6 Å². The van der Waals surface area contributed by atoms with Crippen LogP contribution in [0.2, 0.25) is 0 Å². The minimum atomic E-state index is -2.46. The van der Waals surface area contributed by atoms with Crippen LogP contribution in [0.5, 0.6) is 0 Å². The smallest absolute Gasteiger partial charge is 0.332 e. The first kappa shape index (κ1) is 44.9. The van der Waals surface area contributed by atoms with E-state index in [9.17, 15) is 70.9 Å². The first-order valence-electron chi connectivity index (χ1n) is 17.4. The summed E-state index contributed by atoms with van der Waals surface area (Å²) >= 11 is 0. The number of hydrogen-bond acceptors (Lipinski definition) is 22. The van der Waals surface area contributed by atoms with Gasteiger partial charge < -0.3 is 104 Å². The molecule has 0 aromatic heterocycles. The second-order valence-electron chi connectivity index (χ2n) is 13.9. The van der Waals surface area contributed by atoms with Crippen LogP contribution in [0.3, 0.4) is 0 Å². The van der Waals surface area contributed by atoms with Crippen molar-refractivity contribution >= 4 is 12.4 Å². The summed E-state index contributed by atoms with van der Waals surface area (Å²) < 4.78 is 45.0. The molecule has 54 heavy (non-hydrogen) atoms. The van der Waals surface area contributed by atoms with Crippen molar-refractivity contribution in [3.63, 3.8) is 0 Å². The Morgan fingerprint density at radius 1 is 0.815 bits per heavy atom. The third-order valence-corrected chi connectivity index (χ3v) is 10.1. The molecule has 4 heterocycles. The Labute approximate surface area is 308 Å². The summed E-state index contributed by atoms with van der Waals surface area (Å²) in [6.07, 6.45) is -29.8. The van der Waals surface area contributed by atoms with Crippen LogP contribution in [0.1, 0.15) is 27.2 Å². The van der Waals surface area contributed by atoms with Gasteiger partial charge in [-0.1, -0.05) is 6.92 Å². The molecule has 0 spiro atoms. The fraction of sp³-hybridized carbons (Fsp3) is 0.935. The van der Waals surface area contributed by atoms with E-state index in [1.807, 2.05) is 0 Å². The summed E-state index contributed by atoms with van der Waals surface area (Å²) in [5.41, 5.74) is 0. The molecule has 13 N–H and O–H groups in total. The molecule has 314 valence electrons. The lowest BCUT2D eigenvalue weighted by atomic mass is 9.87. The largest absolute Gasteiger partial charge is 0.410 e. The van der Waals surface area contributed by atoms with Crippen molar-refractivity contribution in [3.05, 3.63) is 0 Å². The van der Waals surface area contributed by atoms with Crippen molar-refractivity contribution in [3.8, 4) is 0 Å². The highest BCUT2D eigenvalue weighted by Gasteiger charge is 2.55. The molecule has 4 aliphatic heterocycles. The molecule has 0 aromatic carbocycles. The van der Waals surface area contributed by atoms with Crippen LogP contribution in [-0.4, -0.2) is 222 Å². The highest BCUT2D eigenvalue weighted by Crippen LogP contribution is 2.38. The van der Waals surface area contributed by atoms with Crippen LogP contribution in [0.4, 0.5) is 0 Å². The maximum absolute atomic E-state index is 12.2. The number of hydrogen-bond donors (Lipinski definition) is 13. The lowest BCUT2D eigenvalue weighted by Crippen LogP contribution is -2.69. The Bertz CT molecular complexity index is 1210. The van der Waals surface area contributed by atoms with E-state index in [1.54, 1.807) is 0 Å². The number of aliphatic hydroxyl groups is 12. The third-order valence-electron chi connectivity index (χ3n) is 10.1. The monoisotopic (exact) mass is 791 g/mol. The van der Waals surface area contributed by atoms with Gasteiger partial charge >= 0.3 is 5.97 Å². The molecule has 23 nitrogen and oxygen atoms in total. The molecule has 0 aromatic rings. The van der Waals surface area contributed by atoms with E-state index in [0.29, 0.717) is 0 Å². The Morgan fingerprint density at radius 2 is 1.43 bits per heavy atom. The molecule has 1 amide bonds. The van der Waals surface area contributed by atoms with Gasteiger partial charge in [0, 0.05) is 12.8 Å². The van der Waals surface area contributed by atoms with Crippen molar-refractivity contribution < 1.29 is 109 Å². The van der Waals surface area contributed by atoms with Crippen molar-refractivity contribution in [1.29, 1.82) is 0 Å². The van der Waals surface area contributed by atoms with Crippen molar-refractivity contribution in [2.75, 3.05) is 26.4 Å². The average molecular weight is 792 g/mol. The molecule has 4 aliphatic rings. The predicted molar refractivity (Wildman–Crippen MR) is 169 cm³/mol. The number of rotatable bonds is 15. The molecule has 23 heteroatoms. The van der Waals surface area contributed by atoms with E-state index in [2.05, 4.69) is 5.32 Å². The quantitative estimate of drug-likeness (QED) is 0.0541. The molecule has 4 rings (SSSR count). The molecule has 4 fully saturated rings. The van der Waals surface area contributed by atoms with Crippen LogP contribution >= 0.6 is 0 Å². The van der Waals surface area contributed by atoms with Crippen LogP contribution in [0.25, 0.3) is 0 Å². The minimum Gasteiger partial charge on any atom is -0.410 e. The second-order valence-corrected chi connectivity index (χ2v) is 13.9. The molecule has 0 saturated carbocycles. The van der Waals surface area contributed by atoms with Gasteiger partial charge in [-0.3, -0.25) is 9.59 Å². The number of carbonyl (C=O) groups is 2. The number of ether oxygens (including phenoxy) is 8. The molecular formula is C31H53NO22. The SMILES string of the molecule is CC(=O)NC1C(O)[C@H](OC2OC(CO[C@]3(OC=O)C[C@@H](O)[C@@H](C)C([C@H](O)C(O)CO)O3)[C@H](O)[C@H](O)[C@@H]2O)[C@H](CO)O[C@H]1OC1[C@@H](O)[C@H](O)C(CO)O[C@@H]1C. The normalized spacial score (nSPS) is 47.0. The fourth-order valence-corrected chi connectivity index (χ4v) is 6.90. The molecule has 21 atom stereocenters. The first-order chi connectivity index (χ1) is 25.4. The van der Waals surface area contributed by atoms with Gasteiger partial charge in [-0.05, 0) is 6.92 Å². The summed E-state index contributed by atoms with van der Waals surface area (Å²) in [6, 6.07) is -1.51. The van der Waals surface area contributed by atoms with Gasteiger partial charge in [-0.25, -0.2) is 0 Å². The Morgan fingerprint density at radius 3 is 2.02 bits per heavy atom. The first-order valence-corrected chi connectivity index (χ1v) is 17.4. The third kappa shape index (κ3) is 9.64. The number of amides is 1. The van der Waals surface area contributed by atoms with Gasteiger partial charge in [-0.15, -0.1) is 0 Å². The Kier molecular flexibility index (Phi) is 15.9. The van der Waals surface area contributed by atoms with Crippen molar-refractivity contribution in [2.24, 2.45) is 5.92 Å². The predicted octanol–water partition coefficient (Wildman–Crippen LogP) is -8.01. The summed E-state index contributed by atoms with van der Waals surface area (Å²) in [7, 11) is 0. The maximum atomic E-state index is 12.2. The second kappa shape index (κ2) is 19.1. The van der Waals surface area contributed by atoms with Gasteiger partial charge in [-0.2, -0.15) is 0 Å². The summed E-state index contributed by atoms with van der Waals surface area (Å²) in [6.45, 7) is 0.690. The summed E-state index contributed by atoms with van der Waals surface area (Å²) in [5, 5.41) is 128. The summed E-state index contributed by atoms with van der Waals surface area (Å²) in [5.74, 6) is -4.05. The van der Waals surface area contributed by atoms with Crippen LogP contribution < -0.4 is 5.32 Å². The van der Waals surface area contributed by atoms with E-state index in [1.165, 1.54) is 13.8 Å². The Hall–Kier alpha value is -1.82. The fourth-order valence-electron chi connectivity index (χ4n) is 6.90. The van der Waals surface area contributed by atoms with Gasteiger partial charge in [0.1, 0.15) is 85.4 Å². The number of nitrogens with one attached hydrogen (secondary N) is 1. The van der Waals surface area contributed by atoms with E-state index in [-0.39, 0.29) is 6.47 Å². The number of carbonyl (C=O) groups excluding carboxylic acids is 2. The van der Waals surface area contributed by atoms with E-state index in [0.717, 1.165) is 6.92 Å². The van der Waals surface area contributed by atoms with Gasteiger partial charge in [0.25, 0.3) is 6.47 Å². The molecule has 0 aliphatic carbocycles. The van der Waals surface area contributed by atoms with E-state index >= 15 is 0 Å². The molecule has 8 unspecified atom stereocenters. The highest BCUT2D eigenvalue weighted by molar-refractivity contribution is 5.73. The zero-order chi connectivity index (χ0) is 40.2. The maximum Gasteiger partial charge on any atom is 0.332 e. The van der Waals surface area contributed by atoms with Gasteiger partial charge in [0.05, 0.1) is 51.2 Å². The van der Waals surface area contributed by atoms with Crippen molar-refractivity contribution in [2.45, 2.75) is 149 Å². The molecule has 4 saturated heterocycles. The van der Waals surface area contributed by atoms with E-state index < -0.39 is 167 Å². The van der Waals surface area contributed by atoms with Crippen LogP contribution in [0, 0.1) is 5.92 Å². The average Bonchev–Trinajstić information content (AvgIpc) is 3.14. The minimum absolute atomic E-state index is 0.101. The van der Waals surface area contributed by atoms with Crippen LogP contribution in [0.15, 0.2) is 0 Å². The van der Waals surface area contributed by atoms with Crippen LogP contribution in [-0.2, 0) is 47.5 Å². The molecular weight excluding hydrogens is 738 g/mol. The topological polar surface area (TPSA) is 363 Å². The Balaban J connectivity index is 1.52. The molecule has 0 bridgehead atoms. The summed E-state index contributed by atoms with van der Waals surface area (Å²) in [4.78, 5) is 23.7. The van der Waals surface area contributed by atoms with Gasteiger partial charge in [0.2, 0.25) is 5.91 Å². The van der Waals surface area contributed by atoms with Crippen molar-refractivity contribution in [1.82, 2.24) is 5.32 Å². The zero-order valence-corrected chi connectivity index (χ0v) is 29.6.